The Morgan fingerprint density at radius 1 is 1.16 bits per heavy atom. The van der Waals surface area contributed by atoms with Gasteiger partial charge in [-0.3, -0.25) is 0 Å². The van der Waals surface area contributed by atoms with Gasteiger partial charge in [0.05, 0.1) is 4.75 Å². The lowest BCUT2D eigenvalue weighted by atomic mass is 9.94. The van der Waals surface area contributed by atoms with Crippen LogP contribution >= 0.6 is 11.8 Å². The van der Waals surface area contributed by atoms with E-state index in [0.717, 1.165) is 32.5 Å². The minimum atomic E-state index is -0.154. The molecule has 6 heteroatoms. The zero-order valence-corrected chi connectivity index (χ0v) is 12.7. The first-order valence-electron chi connectivity index (χ1n) is 7.18. The van der Waals surface area contributed by atoms with Crippen LogP contribution in [0.15, 0.2) is 5.16 Å². The Morgan fingerprint density at radius 3 is 2.16 bits per heavy atom. The van der Waals surface area contributed by atoms with Gasteiger partial charge in [0.1, 0.15) is 0 Å². The fourth-order valence-electron chi connectivity index (χ4n) is 3.08. The summed E-state index contributed by atoms with van der Waals surface area (Å²) in [6.45, 7) is 6.98. The SMILES string of the molecule is CSC1(C(N)=NO)CCN(CCN2CCCC2)CC1. The smallest absolute Gasteiger partial charge is 0.155 e. The molecule has 2 aliphatic rings. The number of thioether (sulfide) groups is 1. The Hall–Kier alpha value is -0.460. The monoisotopic (exact) mass is 286 g/mol. The van der Waals surface area contributed by atoms with Gasteiger partial charge in [-0.15, -0.1) is 0 Å². The fraction of sp³-hybridized carbons (Fsp3) is 0.923. The molecule has 19 heavy (non-hydrogen) atoms. The van der Waals surface area contributed by atoms with Crippen molar-refractivity contribution >= 4 is 17.6 Å². The van der Waals surface area contributed by atoms with Crippen molar-refractivity contribution in [3.63, 3.8) is 0 Å². The molecule has 5 nitrogen and oxygen atoms in total. The van der Waals surface area contributed by atoms with E-state index in [9.17, 15) is 0 Å². The summed E-state index contributed by atoms with van der Waals surface area (Å²) in [6, 6.07) is 0. The Kier molecular flexibility index (Phi) is 5.36. The molecule has 2 fully saturated rings. The van der Waals surface area contributed by atoms with Crippen molar-refractivity contribution in [1.82, 2.24) is 9.80 Å². The van der Waals surface area contributed by atoms with Crippen molar-refractivity contribution in [3.8, 4) is 0 Å². The van der Waals surface area contributed by atoms with Crippen molar-refractivity contribution in [2.75, 3.05) is 45.5 Å². The number of nitrogens with zero attached hydrogens (tertiary/aromatic N) is 3. The second kappa shape index (κ2) is 6.81. The van der Waals surface area contributed by atoms with E-state index in [1.54, 1.807) is 11.8 Å². The summed E-state index contributed by atoms with van der Waals surface area (Å²) in [6.07, 6.45) is 6.73. The highest BCUT2D eigenvalue weighted by molar-refractivity contribution is 8.00. The molecule has 2 heterocycles. The molecule has 110 valence electrons. The number of oxime groups is 1. The van der Waals surface area contributed by atoms with Crippen LogP contribution in [-0.2, 0) is 0 Å². The van der Waals surface area contributed by atoms with Crippen LogP contribution in [0.5, 0.6) is 0 Å². The molecular weight excluding hydrogens is 260 g/mol. The van der Waals surface area contributed by atoms with Gasteiger partial charge >= 0.3 is 0 Å². The summed E-state index contributed by atoms with van der Waals surface area (Å²) in [4.78, 5) is 5.07. The summed E-state index contributed by atoms with van der Waals surface area (Å²) in [7, 11) is 0. The second-order valence-corrected chi connectivity index (χ2v) is 6.76. The minimum absolute atomic E-state index is 0.154. The topological polar surface area (TPSA) is 65.1 Å². The van der Waals surface area contributed by atoms with Crippen molar-refractivity contribution < 1.29 is 5.21 Å². The molecule has 0 aromatic rings. The second-order valence-electron chi connectivity index (χ2n) is 5.57. The van der Waals surface area contributed by atoms with Gasteiger partial charge in [-0.25, -0.2) is 0 Å². The summed E-state index contributed by atoms with van der Waals surface area (Å²) in [5, 5.41) is 12.2. The first kappa shape index (κ1) is 14.9. The lowest BCUT2D eigenvalue weighted by Crippen LogP contribution is -2.51. The highest BCUT2D eigenvalue weighted by Crippen LogP contribution is 2.34. The van der Waals surface area contributed by atoms with E-state index in [1.165, 1.54) is 32.5 Å². The molecule has 0 atom stereocenters. The van der Waals surface area contributed by atoms with Crippen LogP contribution in [0, 0.1) is 0 Å². The van der Waals surface area contributed by atoms with Gasteiger partial charge in [0.25, 0.3) is 0 Å². The number of hydrogen-bond acceptors (Lipinski definition) is 5. The molecule has 2 aliphatic heterocycles. The third kappa shape index (κ3) is 3.55. The van der Waals surface area contributed by atoms with Crippen molar-refractivity contribution in [1.29, 1.82) is 0 Å². The van der Waals surface area contributed by atoms with Crippen LogP contribution in [0.4, 0.5) is 0 Å². The number of rotatable bonds is 5. The number of amidine groups is 1. The van der Waals surface area contributed by atoms with Crippen LogP contribution in [0.2, 0.25) is 0 Å². The summed E-state index contributed by atoms with van der Waals surface area (Å²) >= 11 is 1.72. The van der Waals surface area contributed by atoms with Crippen LogP contribution in [-0.4, -0.2) is 71.1 Å². The van der Waals surface area contributed by atoms with Gasteiger partial charge in [-0.1, -0.05) is 5.16 Å². The molecule has 2 saturated heterocycles. The van der Waals surface area contributed by atoms with E-state index in [-0.39, 0.29) is 4.75 Å². The number of piperidine rings is 1. The van der Waals surface area contributed by atoms with Crippen molar-refractivity contribution in [3.05, 3.63) is 0 Å². The predicted octanol–water partition coefficient (Wildman–Crippen LogP) is 1.03. The maximum atomic E-state index is 8.93. The average Bonchev–Trinajstić information content (AvgIpc) is 2.98. The minimum Gasteiger partial charge on any atom is -0.409 e. The molecule has 2 rings (SSSR count). The maximum Gasteiger partial charge on any atom is 0.155 e. The zero-order chi connectivity index (χ0) is 13.7. The van der Waals surface area contributed by atoms with Gasteiger partial charge in [-0.2, -0.15) is 11.8 Å². The molecule has 0 saturated carbocycles. The molecule has 0 amide bonds. The van der Waals surface area contributed by atoms with Crippen LogP contribution in [0.1, 0.15) is 25.7 Å². The molecular formula is C13H26N4OS. The summed E-state index contributed by atoms with van der Waals surface area (Å²) in [5.74, 6) is 0.388. The molecule has 0 radical (unpaired) electrons. The van der Waals surface area contributed by atoms with Crippen molar-refractivity contribution in [2.24, 2.45) is 10.9 Å². The van der Waals surface area contributed by atoms with Gasteiger partial charge in [0.2, 0.25) is 0 Å². The van der Waals surface area contributed by atoms with Crippen LogP contribution in [0.3, 0.4) is 0 Å². The summed E-state index contributed by atoms with van der Waals surface area (Å²) < 4.78 is -0.154. The highest BCUT2D eigenvalue weighted by atomic mass is 32.2. The largest absolute Gasteiger partial charge is 0.409 e. The van der Waals surface area contributed by atoms with E-state index in [2.05, 4.69) is 21.2 Å². The third-order valence-electron chi connectivity index (χ3n) is 4.56. The molecule has 0 aromatic carbocycles. The molecule has 0 bridgehead atoms. The van der Waals surface area contributed by atoms with Crippen LogP contribution < -0.4 is 5.73 Å². The molecule has 0 aliphatic carbocycles. The molecule has 0 aromatic heterocycles. The van der Waals surface area contributed by atoms with Crippen LogP contribution in [0.25, 0.3) is 0 Å². The van der Waals surface area contributed by atoms with E-state index < -0.39 is 0 Å². The van der Waals surface area contributed by atoms with Gasteiger partial charge in [0.15, 0.2) is 5.84 Å². The quantitative estimate of drug-likeness (QED) is 0.342. The van der Waals surface area contributed by atoms with Gasteiger partial charge in [0, 0.05) is 13.1 Å². The predicted molar refractivity (Wildman–Crippen MR) is 81.0 cm³/mol. The lowest BCUT2D eigenvalue weighted by Gasteiger charge is -2.40. The Balaban J connectivity index is 1.77. The van der Waals surface area contributed by atoms with E-state index in [0.29, 0.717) is 5.84 Å². The average molecular weight is 286 g/mol. The fourth-order valence-corrected chi connectivity index (χ4v) is 3.92. The van der Waals surface area contributed by atoms with Crippen molar-refractivity contribution in [2.45, 2.75) is 30.4 Å². The van der Waals surface area contributed by atoms with Gasteiger partial charge in [-0.05, 0) is 58.1 Å². The molecule has 3 N–H and O–H groups in total. The Labute approximate surface area is 120 Å². The molecule has 0 spiro atoms. The van der Waals surface area contributed by atoms with E-state index in [1.807, 2.05) is 0 Å². The van der Waals surface area contributed by atoms with Gasteiger partial charge < -0.3 is 20.7 Å². The summed E-state index contributed by atoms with van der Waals surface area (Å²) in [5.41, 5.74) is 5.86. The third-order valence-corrected chi connectivity index (χ3v) is 5.96. The highest BCUT2D eigenvalue weighted by Gasteiger charge is 2.38. The Morgan fingerprint density at radius 2 is 1.68 bits per heavy atom. The number of hydrogen-bond donors (Lipinski definition) is 2. The lowest BCUT2D eigenvalue weighted by molar-refractivity contribution is 0.188. The van der Waals surface area contributed by atoms with E-state index in [4.69, 9.17) is 10.9 Å². The number of likely N-dealkylation sites (tertiary alicyclic amines) is 2. The first-order valence-corrected chi connectivity index (χ1v) is 8.40. The molecule has 0 unspecified atom stereocenters. The normalized spacial score (nSPS) is 25.8. The standard InChI is InChI=1S/C13H26N4OS/c1-19-13(12(14)15-18)4-8-17(9-5-13)11-10-16-6-2-3-7-16/h18H,2-11H2,1H3,(H2,14,15). The zero-order valence-electron chi connectivity index (χ0n) is 11.8. The van der Waals surface area contributed by atoms with E-state index >= 15 is 0 Å². The maximum absolute atomic E-state index is 8.93. The number of nitrogens with two attached hydrogens (primary N) is 1. The Bertz CT molecular complexity index is 310. The first-order chi connectivity index (χ1) is 9.20.